The summed E-state index contributed by atoms with van der Waals surface area (Å²) >= 11 is 0. The molecule has 0 spiro atoms. The van der Waals surface area contributed by atoms with Crippen LogP contribution < -0.4 is 16.4 Å². The first-order valence-corrected chi connectivity index (χ1v) is 9.75. The maximum Gasteiger partial charge on any atom is 0.250 e. The number of carbonyl (C=O) groups is 2. The summed E-state index contributed by atoms with van der Waals surface area (Å²) in [5, 5.41) is 9.92. The molecule has 29 heavy (non-hydrogen) atoms. The minimum Gasteiger partial charge on any atom is -0.326 e. The number of hydroxylamine groups is 2. The van der Waals surface area contributed by atoms with Gasteiger partial charge in [0.2, 0.25) is 17.9 Å². The lowest BCUT2D eigenvalue weighted by Crippen LogP contribution is -2.40. The zero-order chi connectivity index (χ0) is 21.1. The maximum atomic E-state index is 12.5. The molecule has 0 unspecified atom stereocenters. The van der Waals surface area contributed by atoms with Crippen molar-refractivity contribution in [3.05, 3.63) is 64.1 Å². The summed E-state index contributed by atoms with van der Waals surface area (Å²) in [6.07, 6.45) is 4.15. The van der Waals surface area contributed by atoms with E-state index in [0.29, 0.717) is 29.3 Å². The minimum atomic E-state index is -0.560. The highest BCUT2D eigenvalue weighted by Crippen LogP contribution is 2.13. The molecule has 0 aliphatic carbocycles. The van der Waals surface area contributed by atoms with Crippen molar-refractivity contribution in [1.82, 2.24) is 15.5 Å². The number of anilines is 1. The number of unbranched alkanes of at least 4 members (excludes halogenated alkanes) is 2. The molecule has 8 nitrogen and oxygen atoms in total. The highest BCUT2D eigenvalue weighted by molar-refractivity contribution is 5.80. The van der Waals surface area contributed by atoms with E-state index < -0.39 is 5.92 Å². The van der Waals surface area contributed by atoms with Crippen LogP contribution in [0.15, 0.2) is 47.3 Å². The van der Waals surface area contributed by atoms with Crippen LogP contribution in [-0.2, 0) is 16.0 Å². The van der Waals surface area contributed by atoms with Gasteiger partial charge in [0.15, 0.2) is 0 Å². The van der Waals surface area contributed by atoms with Gasteiger partial charge in [-0.1, -0.05) is 56.5 Å². The van der Waals surface area contributed by atoms with Crippen molar-refractivity contribution >= 4 is 18.0 Å². The fourth-order valence-corrected chi connectivity index (χ4v) is 3.03. The number of nitrogens with zero attached hydrogens (tertiary/aromatic N) is 1. The minimum absolute atomic E-state index is 0.0879. The van der Waals surface area contributed by atoms with Crippen molar-refractivity contribution in [2.24, 2.45) is 5.92 Å². The highest BCUT2D eigenvalue weighted by atomic mass is 16.5. The molecule has 2 aromatic rings. The zero-order valence-corrected chi connectivity index (χ0v) is 16.6. The lowest BCUT2D eigenvalue weighted by Gasteiger charge is -2.20. The summed E-state index contributed by atoms with van der Waals surface area (Å²) in [4.78, 5) is 37.9. The SMILES string of the molecule is CCCCC[C@H](CN(O)C=O)C(=O)NNc1cc(Cc2ccccc2)[nH]c(=O)c1. The van der Waals surface area contributed by atoms with Gasteiger partial charge in [-0.3, -0.25) is 30.4 Å². The van der Waals surface area contributed by atoms with Crippen LogP contribution in [-0.4, -0.2) is 34.1 Å². The molecule has 0 radical (unpaired) electrons. The van der Waals surface area contributed by atoms with Gasteiger partial charge in [-0.2, -0.15) is 0 Å². The van der Waals surface area contributed by atoms with E-state index in [-0.39, 0.29) is 24.4 Å². The number of nitrogens with one attached hydrogen (secondary N) is 3. The molecule has 156 valence electrons. The topological polar surface area (TPSA) is 115 Å². The first kappa shape index (κ1) is 22.2. The molecule has 0 aliphatic heterocycles. The van der Waals surface area contributed by atoms with E-state index in [1.54, 1.807) is 6.07 Å². The second kappa shape index (κ2) is 11.7. The van der Waals surface area contributed by atoms with Gasteiger partial charge in [-0.25, -0.2) is 5.06 Å². The number of hydrazine groups is 1. The normalized spacial score (nSPS) is 11.5. The molecule has 1 aromatic heterocycles. The Labute approximate surface area is 169 Å². The molecule has 0 aliphatic rings. The molecule has 0 saturated heterocycles. The van der Waals surface area contributed by atoms with Crippen LogP contribution in [0.4, 0.5) is 5.69 Å². The van der Waals surface area contributed by atoms with Gasteiger partial charge in [0, 0.05) is 18.2 Å². The molecule has 0 fully saturated rings. The summed E-state index contributed by atoms with van der Waals surface area (Å²) in [7, 11) is 0. The average Bonchev–Trinajstić information content (AvgIpc) is 2.71. The summed E-state index contributed by atoms with van der Waals surface area (Å²) in [5.74, 6) is -0.915. The van der Waals surface area contributed by atoms with E-state index in [1.807, 2.05) is 30.3 Å². The fraction of sp³-hybridized carbons (Fsp3) is 0.381. The predicted molar refractivity (Wildman–Crippen MR) is 110 cm³/mol. The van der Waals surface area contributed by atoms with Crippen molar-refractivity contribution in [3.8, 4) is 0 Å². The number of hydrogen-bond donors (Lipinski definition) is 4. The maximum absolute atomic E-state index is 12.5. The number of aromatic amines is 1. The number of hydrogen-bond acceptors (Lipinski definition) is 5. The van der Waals surface area contributed by atoms with Crippen molar-refractivity contribution < 1.29 is 14.8 Å². The number of aromatic nitrogens is 1. The van der Waals surface area contributed by atoms with E-state index in [1.165, 1.54) is 6.07 Å². The summed E-state index contributed by atoms with van der Waals surface area (Å²) < 4.78 is 0. The average molecular weight is 400 g/mol. The zero-order valence-electron chi connectivity index (χ0n) is 16.6. The smallest absolute Gasteiger partial charge is 0.250 e. The van der Waals surface area contributed by atoms with Crippen molar-refractivity contribution in [1.29, 1.82) is 0 Å². The van der Waals surface area contributed by atoms with Gasteiger partial charge in [-0.05, 0) is 18.1 Å². The summed E-state index contributed by atoms with van der Waals surface area (Å²) in [6, 6.07) is 12.8. The first-order valence-electron chi connectivity index (χ1n) is 9.75. The molecule has 0 bridgehead atoms. The Morgan fingerprint density at radius 2 is 2.00 bits per heavy atom. The standard InChI is InChI=1S/C21H28N4O4/c1-2-3-5-10-17(14-25(29)15-26)21(28)24-23-19-12-18(22-20(27)13-19)11-16-8-6-4-7-9-16/h4,6-9,12-13,15,17,29H,2-3,5,10-11,14H2,1H3,(H,24,28)(H2,22,23,27)/t17-/m1/s1. The Kier molecular flexibility index (Phi) is 8.91. The van der Waals surface area contributed by atoms with Gasteiger partial charge in [0.25, 0.3) is 0 Å². The predicted octanol–water partition coefficient (Wildman–Crippen LogP) is 2.45. The van der Waals surface area contributed by atoms with Crippen LogP contribution in [0.3, 0.4) is 0 Å². The van der Waals surface area contributed by atoms with Crippen molar-refractivity contribution in [2.75, 3.05) is 12.0 Å². The van der Waals surface area contributed by atoms with Crippen LogP contribution in [0.5, 0.6) is 0 Å². The van der Waals surface area contributed by atoms with E-state index in [4.69, 9.17) is 0 Å². The molecule has 8 heteroatoms. The number of rotatable bonds is 12. The Balaban J connectivity index is 2.01. The van der Waals surface area contributed by atoms with Gasteiger partial charge >= 0.3 is 0 Å². The van der Waals surface area contributed by atoms with Crippen LogP contribution in [0.1, 0.15) is 43.9 Å². The number of pyridine rings is 1. The fourth-order valence-electron chi connectivity index (χ4n) is 3.03. The number of carbonyl (C=O) groups excluding carboxylic acids is 2. The third-order valence-electron chi connectivity index (χ3n) is 4.52. The van der Waals surface area contributed by atoms with Crippen LogP contribution in [0, 0.1) is 5.92 Å². The molecule has 2 amide bonds. The van der Waals surface area contributed by atoms with Gasteiger partial charge in [-0.15, -0.1) is 0 Å². The quantitative estimate of drug-likeness (QED) is 0.189. The van der Waals surface area contributed by atoms with Gasteiger partial charge < -0.3 is 4.98 Å². The second-order valence-electron chi connectivity index (χ2n) is 6.96. The lowest BCUT2D eigenvalue weighted by molar-refractivity contribution is -0.154. The summed E-state index contributed by atoms with van der Waals surface area (Å²) in [5.41, 5.74) is 7.28. The Bertz CT molecular complexity index is 838. The second-order valence-corrected chi connectivity index (χ2v) is 6.96. The molecule has 4 N–H and O–H groups in total. The van der Waals surface area contributed by atoms with Crippen molar-refractivity contribution in [2.45, 2.75) is 39.0 Å². The third kappa shape index (κ3) is 7.79. The Morgan fingerprint density at radius 3 is 2.69 bits per heavy atom. The van der Waals surface area contributed by atoms with Crippen LogP contribution in [0.25, 0.3) is 0 Å². The molecule has 0 saturated carbocycles. The monoisotopic (exact) mass is 400 g/mol. The molecule has 1 atom stereocenters. The lowest BCUT2D eigenvalue weighted by atomic mass is 10.0. The van der Waals surface area contributed by atoms with Gasteiger partial charge in [0.05, 0.1) is 18.2 Å². The van der Waals surface area contributed by atoms with E-state index in [0.717, 1.165) is 24.8 Å². The largest absolute Gasteiger partial charge is 0.326 e. The molecule has 1 heterocycles. The summed E-state index contributed by atoms with van der Waals surface area (Å²) in [6.45, 7) is 1.97. The van der Waals surface area contributed by atoms with Crippen LogP contribution in [0.2, 0.25) is 0 Å². The Morgan fingerprint density at radius 1 is 1.24 bits per heavy atom. The molecular weight excluding hydrogens is 372 g/mol. The molecule has 1 aromatic carbocycles. The van der Waals surface area contributed by atoms with E-state index in [9.17, 15) is 19.6 Å². The van der Waals surface area contributed by atoms with Crippen molar-refractivity contribution in [3.63, 3.8) is 0 Å². The van der Waals surface area contributed by atoms with E-state index in [2.05, 4.69) is 22.8 Å². The molecule has 2 rings (SSSR count). The van der Waals surface area contributed by atoms with Crippen LogP contribution >= 0.6 is 0 Å². The molecular formula is C21H28N4O4. The third-order valence-corrected chi connectivity index (χ3v) is 4.52. The van der Waals surface area contributed by atoms with Gasteiger partial charge in [0.1, 0.15) is 0 Å². The Hall–Kier alpha value is -3.13. The number of amides is 2. The number of H-pyrrole nitrogens is 1. The van der Waals surface area contributed by atoms with E-state index >= 15 is 0 Å². The first-order chi connectivity index (χ1) is 14.0. The highest BCUT2D eigenvalue weighted by Gasteiger charge is 2.20. The number of benzene rings is 1.